The van der Waals surface area contributed by atoms with E-state index in [-0.39, 0.29) is 5.91 Å². The first-order chi connectivity index (χ1) is 14.0. The first-order valence-electron chi connectivity index (χ1n) is 9.58. The van der Waals surface area contributed by atoms with Crippen molar-refractivity contribution in [3.63, 3.8) is 0 Å². The number of benzene rings is 2. The molecule has 2 aromatic carbocycles. The predicted molar refractivity (Wildman–Crippen MR) is 116 cm³/mol. The number of nitrogens with one attached hydrogen (secondary N) is 2. The number of aryl methyl sites for hydroxylation is 1. The summed E-state index contributed by atoms with van der Waals surface area (Å²) in [5, 5.41) is 6.24. The van der Waals surface area contributed by atoms with Gasteiger partial charge < -0.3 is 15.4 Å². The number of methoxy groups -OCH3 is 1. The van der Waals surface area contributed by atoms with E-state index in [4.69, 9.17) is 4.74 Å². The summed E-state index contributed by atoms with van der Waals surface area (Å²) in [6.45, 7) is 6.73. The topological polar surface area (TPSA) is 76.1 Å². The summed E-state index contributed by atoms with van der Waals surface area (Å²) < 4.78 is 5.37. The summed E-state index contributed by atoms with van der Waals surface area (Å²) >= 11 is 0. The minimum absolute atomic E-state index is 0.260. The first kappa shape index (κ1) is 20.3. The van der Waals surface area contributed by atoms with Crippen LogP contribution in [0.25, 0.3) is 0 Å². The number of carbonyl (C=O) groups excluding carboxylic acids is 1. The molecular formula is C23H26N4O2. The maximum atomic E-state index is 12.8. The van der Waals surface area contributed by atoms with Crippen molar-refractivity contribution in [2.75, 3.05) is 17.7 Å². The number of aromatic nitrogens is 2. The van der Waals surface area contributed by atoms with Crippen LogP contribution in [0.3, 0.4) is 0 Å². The minimum Gasteiger partial charge on any atom is -0.496 e. The van der Waals surface area contributed by atoms with Crippen molar-refractivity contribution in [3.8, 4) is 5.75 Å². The molecule has 2 N–H and O–H groups in total. The van der Waals surface area contributed by atoms with E-state index in [9.17, 15) is 4.79 Å². The Morgan fingerprint density at radius 2 is 1.90 bits per heavy atom. The molecule has 1 heterocycles. The highest BCUT2D eigenvalue weighted by Crippen LogP contribution is 2.28. The highest BCUT2D eigenvalue weighted by molar-refractivity contribution is 6.04. The van der Waals surface area contributed by atoms with Crippen molar-refractivity contribution in [1.82, 2.24) is 9.97 Å². The molecular weight excluding hydrogens is 364 g/mol. The Bertz CT molecular complexity index is 1000. The number of carbonyl (C=O) groups is 1. The zero-order chi connectivity index (χ0) is 20.8. The Morgan fingerprint density at radius 1 is 1.10 bits per heavy atom. The summed E-state index contributed by atoms with van der Waals surface area (Å²) in [5.74, 6) is 1.41. The molecule has 0 spiro atoms. The molecule has 0 bridgehead atoms. The van der Waals surface area contributed by atoms with Gasteiger partial charge in [-0.25, -0.2) is 9.97 Å². The lowest BCUT2D eigenvalue weighted by Crippen LogP contribution is -2.17. The Labute approximate surface area is 171 Å². The molecule has 3 aromatic rings. The van der Waals surface area contributed by atoms with Crippen LogP contribution in [0.2, 0.25) is 0 Å². The Morgan fingerprint density at radius 3 is 2.66 bits per heavy atom. The van der Waals surface area contributed by atoms with Crippen molar-refractivity contribution < 1.29 is 9.53 Å². The molecule has 0 aliphatic carbocycles. The second-order valence-corrected chi connectivity index (χ2v) is 7.10. The molecule has 0 aliphatic heterocycles. The number of amides is 1. The number of hydrogen-bond acceptors (Lipinski definition) is 5. The van der Waals surface area contributed by atoms with Gasteiger partial charge in [0, 0.05) is 23.9 Å². The lowest BCUT2D eigenvalue weighted by molar-refractivity contribution is 0.102. The van der Waals surface area contributed by atoms with Gasteiger partial charge in [-0.3, -0.25) is 4.79 Å². The predicted octanol–water partition coefficient (Wildman–Crippen LogP) is 4.78. The lowest BCUT2D eigenvalue weighted by Gasteiger charge is -2.16. The van der Waals surface area contributed by atoms with E-state index in [0.29, 0.717) is 24.0 Å². The number of nitrogens with zero attached hydrogens (tertiary/aromatic N) is 2. The quantitative estimate of drug-likeness (QED) is 0.607. The molecule has 0 saturated heterocycles. The highest BCUT2D eigenvalue weighted by Gasteiger charge is 2.15. The molecule has 6 nitrogen and oxygen atoms in total. The van der Waals surface area contributed by atoms with E-state index in [1.807, 2.05) is 49.4 Å². The van der Waals surface area contributed by atoms with Gasteiger partial charge in [-0.05, 0) is 30.0 Å². The van der Waals surface area contributed by atoms with Crippen molar-refractivity contribution in [3.05, 3.63) is 77.2 Å². The molecule has 0 aliphatic rings. The molecule has 0 atom stereocenters. The Kier molecular flexibility index (Phi) is 6.44. The summed E-state index contributed by atoms with van der Waals surface area (Å²) in [4.78, 5) is 21.2. The van der Waals surface area contributed by atoms with Crippen LogP contribution in [0.5, 0.6) is 5.75 Å². The summed E-state index contributed by atoms with van der Waals surface area (Å²) in [6, 6.07) is 15.4. The zero-order valence-electron chi connectivity index (χ0n) is 17.2. The van der Waals surface area contributed by atoms with Gasteiger partial charge in [0.15, 0.2) is 0 Å². The van der Waals surface area contributed by atoms with Crippen LogP contribution in [0.15, 0.2) is 54.9 Å². The molecule has 1 aromatic heterocycles. The molecule has 0 saturated carbocycles. The Hall–Kier alpha value is -3.41. The van der Waals surface area contributed by atoms with Gasteiger partial charge in [-0.15, -0.1) is 0 Å². The highest BCUT2D eigenvalue weighted by atomic mass is 16.5. The first-order valence-corrected chi connectivity index (χ1v) is 9.58. The molecule has 0 radical (unpaired) electrons. The number of rotatable bonds is 7. The van der Waals surface area contributed by atoms with Gasteiger partial charge in [0.2, 0.25) is 0 Å². The largest absolute Gasteiger partial charge is 0.496 e. The number of para-hydroxylation sites is 2. The molecule has 6 heteroatoms. The smallest absolute Gasteiger partial charge is 0.274 e. The fraction of sp³-hybridized carbons (Fsp3) is 0.261. The van der Waals surface area contributed by atoms with Crippen LogP contribution < -0.4 is 15.4 Å². The molecule has 0 fully saturated rings. The third kappa shape index (κ3) is 4.90. The van der Waals surface area contributed by atoms with Gasteiger partial charge in [0.05, 0.1) is 7.11 Å². The summed E-state index contributed by atoms with van der Waals surface area (Å²) in [7, 11) is 1.64. The number of hydrogen-bond donors (Lipinski definition) is 2. The van der Waals surface area contributed by atoms with Gasteiger partial charge in [-0.2, -0.15) is 0 Å². The van der Waals surface area contributed by atoms with Gasteiger partial charge >= 0.3 is 0 Å². The SMILES string of the molecule is COc1ccccc1CNc1cc(C(=O)Nc2c(C)cccc2C(C)C)ncn1. The maximum Gasteiger partial charge on any atom is 0.274 e. The zero-order valence-corrected chi connectivity index (χ0v) is 17.2. The van der Waals surface area contributed by atoms with Crippen LogP contribution in [0.1, 0.15) is 46.9 Å². The van der Waals surface area contributed by atoms with Crippen molar-refractivity contribution in [2.24, 2.45) is 0 Å². The monoisotopic (exact) mass is 390 g/mol. The molecule has 29 heavy (non-hydrogen) atoms. The number of anilines is 2. The Balaban J connectivity index is 1.75. The van der Waals surface area contributed by atoms with Crippen LogP contribution in [-0.2, 0) is 6.54 Å². The van der Waals surface area contributed by atoms with Gasteiger partial charge in [0.1, 0.15) is 23.6 Å². The van der Waals surface area contributed by atoms with E-state index < -0.39 is 0 Å². The van der Waals surface area contributed by atoms with Gasteiger partial charge in [-0.1, -0.05) is 50.2 Å². The van der Waals surface area contributed by atoms with Crippen molar-refractivity contribution in [1.29, 1.82) is 0 Å². The van der Waals surface area contributed by atoms with Crippen LogP contribution in [-0.4, -0.2) is 23.0 Å². The minimum atomic E-state index is -0.260. The summed E-state index contributed by atoms with van der Waals surface area (Å²) in [5.41, 5.74) is 4.27. The van der Waals surface area contributed by atoms with Crippen LogP contribution >= 0.6 is 0 Å². The standard InChI is InChI=1S/C23H26N4O2/c1-15(2)18-10-7-8-16(3)22(18)27-23(28)19-12-21(26-14-25-19)24-13-17-9-5-6-11-20(17)29-4/h5-12,14-15H,13H2,1-4H3,(H,27,28)(H,24,25,26). The van der Waals surface area contributed by atoms with E-state index in [2.05, 4.69) is 34.4 Å². The third-order valence-electron chi connectivity index (χ3n) is 4.72. The second kappa shape index (κ2) is 9.19. The van der Waals surface area contributed by atoms with Crippen LogP contribution in [0, 0.1) is 6.92 Å². The third-order valence-corrected chi connectivity index (χ3v) is 4.72. The fourth-order valence-electron chi connectivity index (χ4n) is 3.13. The van der Waals surface area contributed by atoms with E-state index in [0.717, 1.165) is 28.1 Å². The van der Waals surface area contributed by atoms with Crippen molar-refractivity contribution in [2.45, 2.75) is 33.2 Å². The molecule has 0 unspecified atom stereocenters. The average Bonchev–Trinajstić information content (AvgIpc) is 2.73. The lowest BCUT2D eigenvalue weighted by atomic mass is 9.98. The molecule has 1 amide bonds. The van der Waals surface area contributed by atoms with E-state index in [1.54, 1.807) is 13.2 Å². The average molecular weight is 390 g/mol. The normalized spacial score (nSPS) is 10.7. The second-order valence-electron chi connectivity index (χ2n) is 7.10. The van der Waals surface area contributed by atoms with E-state index >= 15 is 0 Å². The summed E-state index contributed by atoms with van der Waals surface area (Å²) in [6.07, 6.45) is 1.39. The number of ether oxygens (including phenoxy) is 1. The fourth-order valence-corrected chi connectivity index (χ4v) is 3.13. The molecule has 3 rings (SSSR count). The van der Waals surface area contributed by atoms with Crippen molar-refractivity contribution >= 4 is 17.4 Å². The van der Waals surface area contributed by atoms with Gasteiger partial charge in [0.25, 0.3) is 5.91 Å². The van der Waals surface area contributed by atoms with Crippen LogP contribution in [0.4, 0.5) is 11.5 Å². The molecule has 150 valence electrons. The maximum absolute atomic E-state index is 12.8. The van der Waals surface area contributed by atoms with E-state index in [1.165, 1.54) is 6.33 Å².